The number of hydrogen-bond acceptors (Lipinski definition) is 3. The minimum atomic E-state index is -0.941. The summed E-state index contributed by atoms with van der Waals surface area (Å²) >= 11 is 0. The van der Waals surface area contributed by atoms with Gasteiger partial charge in [0.15, 0.2) is 0 Å². The highest BCUT2D eigenvalue weighted by Gasteiger charge is 2.12. The Morgan fingerprint density at radius 1 is 1.47 bits per heavy atom. The van der Waals surface area contributed by atoms with E-state index in [1.54, 1.807) is 25.1 Å². The van der Waals surface area contributed by atoms with Crippen molar-refractivity contribution in [2.75, 3.05) is 0 Å². The number of aliphatic hydroxyl groups is 1. The fourth-order valence-electron chi connectivity index (χ4n) is 2.14. The molecule has 2 aromatic rings. The molecule has 0 fully saturated rings. The van der Waals surface area contributed by atoms with E-state index in [0.717, 1.165) is 23.3 Å². The lowest BCUT2D eigenvalue weighted by molar-refractivity contribution is 0.0697. The largest absolute Gasteiger partial charge is 0.478 e. The molecular weight excluding hydrogens is 244 g/mol. The summed E-state index contributed by atoms with van der Waals surface area (Å²) in [5.41, 5.74) is 1.87. The van der Waals surface area contributed by atoms with Gasteiger partial charge in [-0.3, -0.25) is 0 Å². The normalized spacial score (nSPS) is 12.8. The fraction of sp³-hybridized carbons (Fsp3) is 0.429. The van der Waals surface area contributed by atoms with Crippen molar-refractivity contribution in [2.24, 2.45) is 0 Å². The van der Waals surface area contributed by atoms with Crippen LogP contribution in [0, 0.1) is 0 Å². The van der Waals surface area contributed by atoms with Crippen LogP contribution >= 0.6 is 0 Å². The summed E-state index contributed by atoms with van der Waals surface area (Å²) in [6.45, 7) is 4.39. The van der Waals surface area contributed by atoms with Crippen molar-refractivity contribution >= 4 is 17.0 Å². The Bertz CT molecular complexity index is 602. The maximum Gasteiger partial charge on any atom is 0.335 e. The Labute approximate surface area is 111 Å². The molecule has 1 heterocycles. The van der Waals surface area contributed by atoms with Crippen LogP contribution in [-0.4, -0.2) is 31.8 Å². The molecular formula is C14H18N2O3. The van der Waals surface area contributed by atoms with Crippen LogP contribution in [-0.2, 0) is 13.0 Å². The standard InChI is InChI=1S/C14H18N2O3/c1-3-13-15-11-5-4-10(14(18)19)8-12(11)16(13)7-6-9(2)17/h4-5,8-9,17H,3,6-7H2,1-2H3,(H,18,19). The highest BCUT2D eigenvalue weighted by molar-refractivity contribution is 5.92. The number of benzene rings is 1. The second-order valence-electron chi connectivity index (χ2n) is 4.68. The zero-order valence-electron chi connectivity index (χ0n) is 11.1. The number of fused-ring (bicyclic) bond motifs is 1. The average Bonchev–Trinajstić information content (AvgIpc) is 2.72. The molecule has 1 unspecified atom stereocenters. The first-order valence-corrected chi connectivity index (χ1v) is 6.43. The van der Waals surface area contributed by atoms with Gasteiger partial charge in [0, 0.05) is 13.0 Å². The number of carboxylic acid groups (broad SMARTS) is 1. The minimum Gasteiger partial charge on any atom is -0.478 e. The number of carbonyl (C=O) groups is 1. The second kappa shape index (κ2) is 5.40. The van der Waals surface area contributed by atoms with E-state index in [4.69, 9.17) is 5.11 Å². The van der Waals surface area contributed by atoms with Crippen LogP contribution in [0.3, 0.4) is 0 Å². The number of aliphatic hydroxyl groups excluding tert-OH is 1. The van der Waals surface area contributed by atoms with Gasteiger partial charge in [-0.2, -0.15) is 0 Å². The Balaban J connectivity index is 2.50. The van der Waals surface area contributed by atoms with E-state index in [1.165, 1.54) is 0 Å². The molecule has 102 valence electrons. The van der Waals surface area contributed by atoms with E-state index < -0.39 is 5.97 Å². The van der Waals surface area contributed by atoms with Crippen LogP contribution in [0.15, 0.2) is 18.2 Å². The molecule has 0 spiro atoms. The first kappa shape index (κ1) is 13.5. The third kappa shape index (κ3) is 2.76. The number of aromatic nitrogens is 2. The van der Waals surface area contributed by atoms with Crippen LogP contribution in [0.25, 0.3) is 11.0 Å². The van der Waals surface area contributed by atoms with Gasteiger partial charge in [-0.05, 0) is 31.5 Å². The summed E-state index contributed by atoms with van der Waals surface area (Å²) in [5, 5.41) is 18.4. The summed E-state index contributed by atoms with van der Waals surface area (Å²) < 4.78 is 1.99. The number of aryl methyl sites for hydroxylation is 2. The predicted molar refractivity (Wildman–Crippen MR) is 72.4 cm³/mol. The highest BCUT2D eigenvalue weighted by atomic mass is 16.4. The number of nitrogens with zero attached hydrogens (tertiary/aromatic N) is 2. The highest BCUT2D eigenvalue weighted by Crippen LogP contribution is 2.19. The first-order chi connectivity index (χ1) is 9.02. The monoisotopic (exact) mass is 262 g/mol. The van der Waals surface area contributed by atoms with Crippen LogP contribution in [0.1, 0.15) is 36.5 Å². The van der Waals surface area contributed by atoms with Crippen LogP contribution < -0.4 is 0 Å². The number of aromatic carboxylic acids is 1. The molecule has 0 aliphatic carbocycles. The number of hydrogen-bond donors (Lipinski definition) is 2. The molecule has 5 heteroatoms. The average molecular weight is 262 g/mol. The first-order valence-electron chi connectivity index (χ1n) is 6.43. The van der Waals surface area contributed by atoms with Crippen molar-refractivity contribution in [2.45, 2.75) is 39.3 Å². The molecule has 0 amide bonds. The fourth-order valence-corrected chi connectivity index (χ4v) is 2.14. The van der Waals surface area contributed by atoms with E-state index in [1.807, 2.05) is 11.5 Å². The van der Waals surface area contributed by atoms with E-state index in [9.17, 15) is 9.90 Å². The van der Waals surface area contributed by atoms with Gasteiger partial charge in [-0.25, -0.2) is 9.78 Å². The maximum atomic E-state index is 11.0. The molecule has 2 rings (SSSR count). The van der Waals surface area contributed by atoms with Gasteiger partial charge in [-0.15, -0.1) is 0 Å². The van der Waals surface area contributed by atoms with E-state index >= 15 is 0 Å². The van der Waals surface area contributed by atoms with Gasteiger partial charge in [-0.1, -0.05) is 6.92 Å². The quantitative estimate of drug-likeness (QED) is 0.865. The smallest absolute Gasteiger partial charge is 0.335 e. The molecule has 2 N–H and O–H groups in total. The number of imidazole rings is 1. The molecule has 1 atom stereocenters. The van der Waals surface area contributed by atoms with Crippen molar-refractivity contribution in [3.8, 4) is 0 Å². The molecule has 0 bridgehead atoms. The molecule has 5 nitrogen and oxygen atoms in total. The summed E-state index contributed by atoms with van der Waals surface area (Å²) in [7, 11) is 0. The second-order valence-corrected chi connectivity index (χ2v) is 4.68. The Morgan fingerprint density at radius 3 is 2.79 bits per heavy atom. The van der Waals surface area contributed by atoms with Gasteiger partial charge in [0.1, 0.15) is 5.82 Å². The van der Waals surface area contributed by atoms with Crippen molar-refractivity contribution in [3.63, 3.8) is 0 Å². The maximum absolute atomic E-state index is 11.0. The van der Waals surface area contributed by atoms with E-state index in [0.29, 0.717) is 13.0 Å². The van der Waals surface area contributed by atoms with Crippen LogP contribution in [0.4, 0.5) is 0 Å². The van der Waals surface area contributed by atoms with Crippen molar-refractivity contribution < 1.29 is 15.0 Å². The van der Waals surface area contributed by atoms with Crippen molar-refractivity contribution in [1.29, 1.82) is 0 Å². The zero-order chi connectivity index (χ0) is 14.0. The molecule has 0 radical (unpaired) electrons. The number of rotatable bonds is 5. The molecule has 0 aliphatic rings. The van der Waals surface area contributed by atoms with Gasteiger partial charge in [0.25, 0.3) is 0 Å². The lowest BCUT2D eigenvalue weighted by Gasteiger charge is -2.09. The Kier molecular flexibility index (Phi) is 3.85. The Hall–Kier alpha value is -1.88. The topological polar surface area (TPSA) is 75.3 Å². The van der Waals surface area contributed by atoms with Crippen molar-refractivity contribution in [1.82, 2.24) is 9.55 Å². The summed E-state index contributed by atoms with van der Waals surface area (Å²) in [6.07, 6.45) is 1.01. The van der Waals surface area contributed by atoms with Gasteiger partial charge in [0.05, 0.1) is 22.7 Å². The Morgan fingerprint density at radius 2 is 2.21 bits per heavy atom. The molecule has 1 aromatic heterocycles. The van der Waals surface area contributed by atoms with E-state index in [2.05, 4.69) is 4.98 Å². The third-order valence-corrected chi connectivity index (χ3v) is 3.16. The number of carboxylic acids is 1. The van der Waals surface area contributed by atoms with E-state index in [-0.39, 0.29) is 11.7 Å². The summed E-state index contributed by atoms with van der Waals surface area (Å²) in [5.74, 6) is -0.0265. The van der Waals surface area contributed by atoms with Crippen LogP contribution in [0.5, 0.6) is 0 Å². The van der Waals surface area contributed by atoms with Gasteiger partial charge < -0.3 is 14.8 Å². The predicted octanol–water partition coefficient (Wildman–Crippen LogP) is 2.07. The van der Waals surface area contributed by atoms with Gasteiger partial charge in [0.2, 0.25) is 0 Å². The lowest BCUT2D eigenvalue weighted by atomic mass is 10.2. The third-order valence-electron chi connectivity index (χ3n) is 3.16. The molecule has 0 aliphatic heterocycles. The summed E-state index contributed by atoms with van der Waals surface area (Å²) in [6, 6.07) is 4.94. The summed E-state index contributed by atoms with van der Waals surface area (Å²) in [4.78, 5) is 15.5. The molecule has 0 saturated heterocycles. The molecule has 1 aromatic carbocycles. The molecule has 19 heavy (non-hydrogen) atoms. The lowest BCUT2D eigenvalue weighted by Crippen LogP contribution is -2.09. The van der Waals surface area contributed by atoms with Crippen LogP contribution in [0.2, 0.25) is 0 Å². The SMILES string of the molecule is CCc1nc2ccc(C(=O)O)cc2n1CCC(C)O. The molecule has 0 saturated carbocycles. The zero-order valence-corrected chi connectivity index (χ0v) is 11.1. The minimum absolute atomic E-state index is 0.258. The van der Waals surface area contributed by atoms with Gasteiger partial charge >= 0.3 is 5.97 Å². The van der Waals surface area contributed by atoms with Crippen molar-refractivity contribution in [3.05, 3.63) is 29.6 Å².